The van der Waals surface area contributed by atoms with E-state index in [9.17, 15) is 5.11 Å². The number of aliphatic hydroxyl groups is 1. The van der Waals surface area contributed by atoms with Gasteiger partial charge >= 0.3 is 0 Å². The molecule has 3 aromatic rings. The number of H-pyrrole nitrogens is 1. The number of hydrogen-bond donors (Lipinski definition) is 2. The standard InChI is InChI=1S/C15H14N2O/c18-11-15-16-13-8-4-5-9-14(13)17(15)10-12-6-2-1-3-7-12/h1-9,18H,10-11H2/p+1. The average Bonchev–Trinajstić information content (AvgIpc) is 2.78. The molecule has 1 heterocycles. The summed E-state index contributed by atoms with van der Waals surface area (Å²) in [6.07, 6.45) is 0. The molecule has 0 amide bonds. The minimum atomic E-state index is 0.0154. The zero-order valence-electron chi connectivity index (χ0n) is 10.0. The van der Waals surface area contributed by atoms with Crippen LogP contribution in [0.15, 0.2) is 54.6 Å². The molecule has 0 aliphatic heterocycles. The largest absolute Gasteiger partial charge is 0.384 e. The van der Waals surface area contributed by atoms with Crippen LogP contribution >= 0.6 is 0 Å². The number of benzene rings is 2. The third-order valence-corrected chi connectivity index (χ3v) is 3.13. The van der Waals surface area contributed by atoms with Gasteiger partial charge < -0.3 is 5.11 Å². The molecule has 0 aliphatic rings. The molecule has 18 heavy (non-hydrogen) atoms. The fraction of sp³-hybridized carbons (Fsp3) is 0.133. The molecule has 3 heteroatoms. The van der Waals surface area contributed by atoms with Crippen LogP contribution in [0.2, 0.25) is 0 Å². The third kappa shape index (κ3) is 1.89. The lowest BCUT2D eigenvalue weighted by Crippen LogP contribution is -2.37. The van der Waals surface area contributed by atoms with E-state index in [4.69, 9.17) is 0 Å². The SMILES string of the molecule is OCc1[nH]c2ccccc2[n+]1Cc1ccccc1. The van der Waals surface area contributed by atoms with Crippen molar-refractivity contribution in [2.75, 3.05) is 0 Å². The van der Waals surface area contributed by atoms with Crippen LogP contribution in [0.1, 0.15) is 11.4 Å². The Kier molecular flexibility index (Phi) is 2.82. The molecule has 0 unspecified atom stereocenters. The second-order valence-electron chi connectivity index (χ2n) is 4.32. The predicted molar refractivity (Wildman–Crippen MR) is 70.0 cm³/mol. The Labute approximate surface area is 105 Å². The molecule has 0 aliphatic carbocycles. The minimum Gasteiger partial charge on any atom is -0.384 e. The first-order valence-corrected chi connectivity index (χ1v) is 6.02. The molecule has 2 N–H and O–H groups in total. The van der Waals surface area contributed by atoms with Crippen molar-refractivity contribution in [2.24, 2.45) is 0 Å². The van der Waals surface area contributed by atoms with Crippen LogP contribution in [0.3, 0.4) is 0 Å². The number of aliphatic hydroxyl groups excluding tert-OH is 1. The lowest BCUT2D eigenvalue weighted by molar-refractivity contribution is -0.672. The van der Waals surface area contributed by atoms with Crippen molar-refractivity contribution in [3.8, 4) is 0 Å². The molecule has 1 aromatic heterocycles. The Balaban J connectivity index is 2.10. The van der Waals surface area contributed by atoms with E-state index in [1.807, 2.05) is 36.4 Å². The first-order chi connectivity index (χ1) is 8.88. The lowest BCUT2D eigenvalue weighted by atomic mass is 10.2. The lowest BCUT2D eigenvalue weighted by Gasteiger charge is -2.01. The van der Waals surface area contributed by atoms with Gasteiger partial charge in [-0.3, -0.25) is 0 Å². The molecule has 3 nitrogen and oxygen atoms in total. The van der Waals surface area contributed by atoms with Crippen molar-refractivity contribution in [2.45, 2.75) is 13.2 Å². The van der Waals surface area contributed by atoms with Crippen molar-refractivity contribution in [1.29, 1.82) is 0 Å². The van der Waals surface area contributed by atoms with Gasteiger partial charge in [-0.1, -0.05) is 42.5 Å². The highest BCUT2D eigenvalue weighted by Crippen LogP contribution is 2.10. The Hall–Kier alpha value is -2.13. The predicted octanol–water partition coefficient (Wildman–Crippen LogP) is 2.00. The van der Waals surface area contributed by atoms with Gasteiger partial charge in [0.1, 0.15) is 13.2 Å². The van der Waals surface area contributed by atoms with Crippen LogP contribution in [0.5, 0.6) is 0 Å². The fourth-order valence-electron chi connectivity index (χ4n) is 2.25. The highest BCUT2D eigenvalue weighted by atomic mass is 16.3. The number of rotatable bonds is 3. The van der Waals surface area contributed by atoms with Gasteiger partial charge in [0, 0.05) is 0 Å². The van der Waals surface area contributed by atoms with E-state index in [-0.39, 0.29) is 6.61 Å². The molecular formula is C15H15N2O+. The average molecular weight is 239 g/mol. The maximum absolute atomic E-state index is 9.45. The van der Waals surface area contributed by atoms with Crippen molar-refractivity contribution < 1.29 is 9.67 Å². The van der Waals surface area contributed by atoms with E-state index in [0.29, 0.717) is 0 Å². The Bertz CT molecular complexity index is 659. The number of aromatic nitrogens is 2. The van der Waals surface area contributed by atoms with Crippen molar-refractivity contribution in [1.82, 2.24) is 4.98 Å². The first kappa shape index (κ1) is 11.0. The Morgan fingerprint density at radius 2 is 1.67 bits per heavy atom. The number of fused-ring (bicyclic) bond motifs is 1. The van der Waals surface area contributed by atoms with Crippen LogP contribution in [-0.2, 0) is 13.2 Å². The van der Waals surface area contributed by atoms with E-state index < -0.39 is 0 Å². The molecular weight excluding hydrogens is 224 g/mol. The first-order valence-electron chi connectivity index (χ1n) is 6.02. The van der Waals surface area contributed by atoms with Crippen molar-refractivity contribution in [3.63, 3.8) is 0 Å². The highest BCUT2D eigenvalue weighted by Gasteiger charge is 2.16. The van der Waals surface area contributed by atoms with Gasteiger partial charge in [-0.2, -0.15) is 0 Å². The summed E-state index contributed by atoms with van der Waals surface area (Å²) in [4.78, 5) is 3.25. The van der Waals surface area contributed by atoms with Gasteiger partial charge in [-0.25, -0.2) is 9.55 Å². The van der Waals surface area contributed by atoms with E-state index in [2.05, 4.69) is 27.8 Å². The summed E-state index contributed by atoms with van der Waals surface area (Å²) >= 11 is 0. The molecule has 0 fully saturated rings. The highest BCUT2D eigenvalue weighted by molar-refractivity contribution is 5.71. The van der Waals surface area contributed by atoms with Crippen LogP contribution < -0.4 is 4.57 Å². The van der Waals surface area contributed by atoms with Gasteiger partial charge in [0.25, 0.3) is 5.82 Å². The van der Waals surface area contributed by atoms with Crippen LogP contribution in [0, 0.1) is 0 Å². The summed E-state index contributed by atoms with van der Waals surface area (Å²) in [7, 11) is 0. The van der Waals surface area contributed by atoms with Crippen LogP contribution in [-0.4, -0.2) is 10.1 Å². The summed E-state index contributed by atoms with van der Waals surface area (Å²) in [5.74, 6) is 0.833. The maximum atomic E-state index is 9.45. The molecule has 0 saturated heterocycles. The fourth-order valence-corrected chi connectivity index (χ4v) is 2.25. The summed E-state index contributed by atoms with van der Waals surface area (Å²) in [5.41, 5.74) is 3.39. The van der Waals surface area contributed by atoms with Gasteiger partial charge in [0.15, 0.2) is 11.0 Å². The zero-order valence-corrected chi connectivity index (χ0v) is 10.0. The van der Waals surface area contributed by atoms with Gasteiger partial charge in [0.2, 0.25) is 0 Å². The van der Waals surface area contributed by atoms with E-state index in [0.717, 1.165) is 23.4 Å². The quantitative estimate of drug-likeness (QED) is 0.674. The summed E-state index contributed by atoms with van der Waals surface area (Å²) in [6, 6.07) is 18.4. The molecule has 2 aromatic carbocycles. The van der Waals surface area contributed by atoms with Crippen molar-refractivity contribution in [3.05, 3.63) is 66.0 Å². The second-order valence-corrected chi connectivity index (χ2v) is 4.32. The van der Waals surface area contributed by atoms with Gasteiger partial charge in [-0.15, -0.1) is 0 Å². The van der Waals surface area contributed by atoms with E-state index in [1.54, 1.807) is 0 Å². The molecule has 0 atom stereocenters. The second kappa shape index (κ2) is 4.63. The monoisotopic (exact) mass is 239 g/mol. The smallest absolute Gasteiger partial charge is 0.281 e. The summed E-state index contributed by atoms with van der Waals surface area (Å²) < 4.78 is 2.12. The Morgan fingerprint density at radius 1 is 0.944 bits per heavy atom. The summed E-state index contributed by atoms with van der Waals surface area (Å²) in [6.45, 7) is 0.780. The Morgan fingerprint density at radius 3 is 2.44 bits per heavy atom. The number of imidazole rings is 1. The van der Waals surface area contributed by atoms with Crippen LogP contribution in [0.25, 0.3) is 11.0 Å². The number of hydrogen-bond acceptors (Lipinski definition) is 1. The third-order valence-electron chi connectivity index (χ3n) is 3.13. The van der Waals surface area contributed by atoms with Crippen LogP contribution in [0.4, 0.5) is 0 Å². The number of aromatic amines is 1. The molecule has 0 spiro atoms. The zero-order chi connectivity index (χ0) is 12.4. The molecule has 0 bridgehead atoms. The van der Waals surface area contributed by atoms with Gasteiger partial charge in [-0.05, 0) is 17.7 Å². The van der Waals surface area contributed by atoms with Crippen molar-refractivity contribution >= 4 is 11.0 Å². The molecule has 0 saturated carbocycles. The molecule has 90 valence electrons. The van der Waals surface area contributed by atoms with E-state index >= 15 is 0 Å². The molecule has 0 radical (unpaired) electrons. The minimum absolute atomic E-state index is 0.0154. The van der Waals surface area contributed by atoms with E-state index in [1.165, 1.54) is 5.56 Å². The number of para-hydroxylation sites is 2. The topological polar surface area (TPSA) is 39.9 Å². The normalized spacial score (nSPS) is 10.9. The maximum Gasteiger partial charge on any atom is 0.281 e. The molecule has 3 rings (SSSR count). The number of nitrogens with one attached hydrogen (secondary N) is 1. The van der Waals surface area contributed by atoms with Gasteiger partial charge in [0.05, 0.1) is 0 Å². The summed E-state index contributed by atoms with van der Waals surface area (Å²) in [5, 5.41) is 9.45. The number of nitrogens with zero attached hydrogens (tertiary/aromatic N) is 1.